The Labute approximate surface area is 234 Å². The molecule has 39 heavy (non-hydrogen) atoms. The number of hydrogen-bond donors (Lipinski definition) is 3. The number of aromatic nitrogens is 2. The van der Waals surface area contributed by atoms with Crippen molar-refractivity contribution in [2.45, 2.75) is 44.6 Å². The van der Waals surface area contributed by atoms with Gasteiger partial charge in [-0.05, 0) is 67.4 Å². The summed E-state index contributed by atoms with van der Waals surface area (Å²) >= 11 is 6.76. The monoisotopic (exact) mass is 566 g/mol. The summed E-state index contributed by atoms with van der Waals surface area (Å²) in [6.45, 7) is 0.403. The van der Waals surface area contributed by atoms with E-state index in [0.717, 1.165) is 42.6 Å². The summed E-state index contributed by atoms with van der Waals surface area (Å²) in [5, 5.41) is 6.42. The van der Waals surface area contributed by atoms with Crippen LogP contribution >= 0.6 is 23.6 Å². The van der Waals surface area contributed by atoms with E-state index in [1.807, 2.05) is 18.2 Å². The largest absolute Gasteiger partial charge is 0.493 e. The number of benzene rings is 2. The summed E-state index contributed by atoms with van der Waals surface area (Å²) in [5.41, 5.74) is 1.87. The Kier molecular flexibility index (Phi) is 7.99. The minimum absolute atomic E-state index is 0.128. The molecule has 0 atom stereocenters. The SMILES string of the molecule is COc1ccc(CCNC(=O)c2ccc3c(=O)[nH]c4c(C(=O)NC5CCCCC5)sc(=S)n4c3c2)cc1OC. The van der Waals surface area contributed by atoms with Gasteiger partial charge in [0.1, 0.15) is 10.5 Å². The van der Waals surface area contributed by atoms with Crippen LogP contribution < -0.4 is 25.7 Å². The van der Waals surface area contributed by atoms with Crippen LogP contribution in [0, 0.1) is 3.95 Å². The Morgan fingerprint density at radius 2 is 1.82 bits per heavy atom. The van der Waals surface area contributed by atoms with E-state index < -0.39 is 0 Å². The van der Waals surface area contributed by atoms with E-state index in [9.17, 15) is 14.4 Å². The molecular weight excluding hydrogens is 536 g/mol. The number of carbonyl (C=O) groups is 2. The van der Waals surface area contributed by atoms with Crippen molar-refractivity contribution in [3.63, 3.8) is 0 Å². The van der Waals surface area contributed by atoms with E-state index >= 15 is 0 Å². The maximum absolute atomic E-state index is 13.1. The van der Waals surface area contributed by atoms with Crippen molar-refractivity contribution in [1.29, 1.82) is 0 Å². The van der Waals surface area contributed by atoms with Crippen molar-refractivity contribution in [2.24, 2.45) is 0 Å². The van der Waals surface area contributed by atoms with Gasteiger partial charge in [0.05, 0.1) is 25.1 Å². The van der Waals surface area contributed by atoms with Gasteiger partial charge in [0.2, 0.25) is 0 Å². The molecule has 3 N–H and O–H groups in total. The first-order valence-corrected chi connectivity index (χ1v) is 14.1. The van der Waals surface area contributed by atoms with Crippen LogP contribution in [0.4, 0.5) is 0 Å². The molecule has 204 valence electrons. The molecule has 0 saturated heterocycles. The normalized spacial score (nSPS) is 13.9. The number of hydrogen-bond acceptors (Lipinski definition) is 7. The second-order valence-corrected chi connectivity index (χ2v) is 11.2. The van der Waals surface area contributed by atoms with Gasteiger partial charge in [-0.3, -0.25) is 18.8 Å². The number of carbonyl (C=O) groups excluding carboxylic acids is 2. The zero-order valence-electron chi connectivity index (χ0n) is 21.8. The summed E-state index contributed by atoms with van der Waals surface area (Å²) in [5.74, 6) is 0.760. The van der Waals surface area contributed by atoms with Crippen LogP contribution in [0.2, 0.25) is 0 Å². The van der Waals surface area contributed by atoms with E-state index in [1.165, 1.54) is 6.42 Å². The summed E-state index contributed by atoms with van der Waals surface area (Å²) in [7, 11) is 3.16. The highest BCUT2D eigenvalue weighted by atomic mass is 32.1. The average molecular weight is 567 g/mol. The summed E-state index contributed by atoms with van der Waals surface area (Å²) in [6, 6.07) is 10.6. The molecule has 2 amide bonds. The molecule has 11 heteroatoms. The Hall–Kier alpha value is -3.70. The highest BCUT2D eigenvalue weighted by Gasteiger charge is 2.22. The Balaban J connectivity index is 1.38. The zero-order chi connectivity index (χ0) is 27.5. The van der Waals surface area contributed by atoms with Gasteiger partial charge >= 0.3 is 0 Å². The third kappa shape index (κ3) is 5.55. The van der Waals surface area contributed by atoms with Crippen molar-refractivity contribution < 1.29 is 19.1 Å². The molecule has 5 rings (SSSR count). The molecule has 0 radical (unpaired) electrons. The number of amides is 2. The first kappa shape index (κ1) is 26.9. The lowest BCUT2D eigenvalue weighted by atomic mass is 9.95. The Bertz CT molecular complexity index is 1670. The highest BCUT2D eigenvalue weighted by molar-refractivity contribution is 7.73. The van der Waals surface area contributed by atoms with Gasteiger partial charge < -0.3 is 25.1 Å². The molecule has 2 aromatic carbocycles. The van der Waals surface area contributed by atoms with Crippen molar-refractivity contribution in [1.82, 2.24) is 20.0 Å². The lowest BCUT2D eigenvalue weighted by Gasteiger charge is -2.22. The summed E-state index contributed by atoms with van der Waals surface area (Å²) in [6.07, 6.45) is 5.87. The van der Waals surface area contributed by atoms with Crippen molar-refractivity contribution in [3.05, 3.63) is 66.7 Å². The number of nitrogens with zero attached hydrogens (tertiary/aromatic N) is 1. The van der Waals surface area contributed by atoms with Gasteiger partial charge in [0, 0.05) is 18.2 Å². The fraction of sp³-hybridized carbons (Fsp3) is 0.357. The first-order valence-electron chi connectivity index (χ1n) is 12.9. The second kappa shape index (κ2) is 11.6. The molecule has 0 spiro atoms. The number of H-pyrrole nitrogens is 1. The number of aromatic amines is 1. The number of ether oxygens (including phenoxy) is 2. The lowest BCUT2D eigenvalue weighted by Crippen LogP contribution is -2.36. The predicted molar refractivity (Wildman–Crippen MR) is 154 cm³/mol. The topological polar surface area (TPSA) is 114 Å². The van der Waals surface area contributed by atoms with Gasteiger partial charge in [-0.2, -0.15) is 0 Å². The standard InChI is InChI=1S/C28H30N4O5S2/c1-36-21-11-8-16(14-22(21)37-2)12-13-29-25(33)17-9-10-19-20(15-17)32-24(31-26(19)34)23(39-28(32)38)27(35)30-18-6-4-3-5-7-18/h8-11,14-15,18H,3-7,12-13H2,1-2H3,(H,29,33)(H,30,35)(H,31,34). The molecule has 9 nitrogen and oxygen atoms in total. The highest BCUT2D eigenvalue weighted by Crippen LogP contribution is 2.28. The minimum Gasteiger partial charge on any atom is -0.493 e. The molecule has 0 bridgehead atoms. The summed E-state index contributed by atoms with van der Waals surface area (Å²) in [4.78, 5) is 42.2. The van der Waals surface area contributed by atoms with E-state index in [2.05, 4.69) is 15.6 Å². The van der Waals surface area contributed by atoms with Crippen LogP contribution in [0.3, 0.4) is 0 Å². The smallest absolute Gasteiger partial charge is 0.265 e. The van der Waals surface area contributed by atoms with Gasteiger partial charge in [0.15, 0.2) is 15.5 Å². The van der Waals surface area contributed by atoms with Gasteiger partial charge in [-0.25, -0.2) is 0 Å². The molecule has 1 aliphatic carbocycles. The molecule has 2 heterocycles. The minimum atomic E-state index is -0.343. The quantitative estimate of drug-likeness (QED) is 0.268. The molecule has 1 saturated carbocycles. The average Bonchev–Trinajstić information content (AvgIpc) is 3.29. The molecule has 1 fully saturated rings. The van der Waals surface area contributed by atoms with E-state index in [-0.39, 0.29) is 23.4 Å². The fourth-order valence-electron chi connectivity index (χ4n) is 5.04. The van der Waals surface area contributed by atoms with Gasteiger partial charge in [0.25, 0.3) is 17.4 Å². The fourth-order valence-corrected chi connectivity index (χ4v) is 6.33. The van der Waals surface area contributed by atoms with Gasteiger partial charge in [-0.15, -0.1) is 0 Å². The van der Waals surface area contributed by atoms with Crippen LogP contribution in [0.5, 0.6) is 11.5 Å². The van der Waals surface area contributed by atoms with E-state index in [4.69, 9.17) is 21.7 Å². The maximum atomic E-state index is 13.1. The maximum Gasteiger partial charge on any atom is 0.265 e. The predicted octanol–water partition coefficient (Wildman–Crippen LogP) is 4.62. The van der Waals surface area contributed by atoms with Crippen LogP contribution in [0.25, 0.3) is 16.6 Å². The summed E-state index contributed by atoms with van der Waals surface area (Å²) < 4.78 is 12.7. The van der Waals surface area contributed by atoms with Crippen molar-refractivity contribution >= 4 is 51.9 Å². The Morgan fingerprint density at radius 3 is 2.56 bits per heavy atom. The molecule has 2 aromatic heterocycles. The molecule has 4 aromatic rings. The Morgan fingerprint density at radius 1 is 1.05 bits per heavy atom. The number of nitrogens with one attached hydrogen (secondary N) is 3. The lowest BCUT2D eigenvalue weighted by molar-refractivity contribution is 0.0930. The molecule has 0 aliphatic heterocycles. The molecule has 0 unspecified atom stereocenters. The van der Waals surface area contributed by atoms with Crippen molar-refractivity contribution in [2.75, 3.05) is 20.8 Å². The van der Waals surface area contributed by atoms with Crippen LogP contribution in [-0.2, 0) is 6.42 Å². The number of methoxy groups -OCH3 is 2. The third-order valence-electron chi connectivity index (χ3n) is 7.08. The van der Waals surface area contributed by atoms with Crippen molar-refractivity contribution in [3.8, 4) is 11.5 Å². The number of fused-ring (bicyclic) bond motifs is 3. The first-order chi connectivity index (χ1) is 18.9. The molecule has 1 aliphatic rings. The van der Waals surface area contributed by atoms with Crippen LogP contribution in [0.15, 0.2) is 41.2 Å². The van der Waals surface area contributed by atoms with Gasteiger partial charge in [-0.1, -0.05) is 36.7 Å². The zero-order valence-corrected chi connectivity index (χ0v) is 23.4. The van der Waals surface area contributed by atoms with Crippen LogP contribution in [-0.4, -0.2) is 48.0 Å². The van der Waals surface area contributed by atoms with E-state index in [0.29, 0.717) is 55.4 Å². The molecular formula is C28H30N4O5S2. The van der Waals surface area contributed by atoms with E-state index in [1.54, 1.807) is 36.8 Å². The number of thiazole rings is 1. The third-order valence-corrected chi connectivity index (χ3v) is 8.45. The van der Waals surface area contributed by atoms with Crippen LogP contribution in [0.1, 0.15) is 57.7 Å². The number of rotatable bonds is 8. The second-order valence-electron chi connectivity index (χ2n) is 9.57.